The molecule has 18 heavy (non-hydrogen) atoms. The molecule has 0 aromatic rings. The van der Waals surface area contributed by atoms with Gasteiger partial charge in [0, 0.05) is 6.54 Å². The molecule has 0 aromatic heterocycles. The Kier molecular flexibility index (Phi) is 7.45. The SMILES string of the molecule is CC(C)OCCNC(=O)N(CC(=O)O)CC(=O)O. The van der Waals surface area contributed by atoms with Crippen molar-refractivity contribution in [2.75, 3.05) is 26.2 Å². The fourth-order valence-corrected chi connectivity index (χ4v) is 1.09. The Morgan fingerprint density at radius 3 is 2.06 bits per heavy atom. The number of carbonyl (C=O) groups is 3. The molecule has 0 aliphatic rings. The largest absolute Gasteiger partial charge is 0.480 e. The van der Waals surface area contributed by atoms with Crippen molar-refractivity contribution in [2.24, 2.45) is 0 Å². The van der Waals surface area contributed by atoms with Crippen molar-refractivity contribution in [3.63, 3.8) is 0 Å². The normalized spacial score (nSPS) is 10.2. The van der Waals surface area contributed by atoms with Gasteiger partial charge in [-0.05, 0) is 13.8 Å². The molecule has 0 aliphatic carbocycles. The Labute approximate surface area is 105 Å². The second-order valence-corrected chi connectivity index (χ2v) is 3.80. The zero-order valence-electron chi connectivity index (χ0n) is 10.4. The number of ether oxygens (including phenoxy) is 1. The maximum atomic E-state index is 11.5. The van der Waals surface area contributed by atoms with Crippen LogP contribution in [0.25, 0.3) is 0 Å². The fourth-order valence-electron chi connectivity index (χ4n) is 1.09. The second kappa shape index (κ2) is 8.29. The van der Waals surface area contributed by atoms with Crippen molar-refractivity contribution in [3.05, 3.63) is 0 Å². The second-order valence-electron chi connectivity index (χ2n) is 3.80. The lowest BCUT2D eigenvalue weighted by Gasteiger charge is -2.19. The highest BCUT2D eigenvalue weighted by Gasteiger charge is 2.18. The van der Waals surface area contributed by atoms with Gasteiger partial charge in [0.25, 0.3) is 0 Å². The third kappa shape index (κ3) is 8.34. The van der Waals surface area contributed by atoms with Gasteiger partial charge in [-0.1, -0.05) is 0 Å². The predicted octanol–water partition coefficient (Wildman–Crippen LogP) is -0.408. The van der Waals surface area contributed by atoms with Crippen LogP contribution < -0.4 is 5.32 Å². The summed E-state index contributed by atoms with van der Waals surface area (Å²) in [5.74, 6) is -2.55. The summed E-state index contributed by atoms with van der Waals surface area (Å²) in [5.41, 5.74) is 0. The minimum Gasteiger partial charge on any atom is -0.480 e. The smallest absolute Gasteiger partial charge is 0.323 e. The molecule has 8 heteroatoms. The minimum atomic E-state index is -1.27. The molecule has 2 amide bonds. The minimum absolute atomic E-state index is 0.0241. The molecule has 0 atom stereocenters. The number of carboxylic acids is 2. The van der Waals surface area contributed by atoms with Crippen LogP contribution >= 0.6 is 0 Å². The highest BCUT2D eigenvalue weighted by Crippen LogP contribution is 1.91. The van der Waals surface area contributed by atoms with E-state index in [1.807, 2.05) is 13.8 Å². The van der Waals surface area contributed by atoms with Crippen LogP contribution in [-0.4, -0.2) is 65.4 Å². The number of aliphatic carboxylic acids is 2. The lowest BCUT2D eigenvalue weighted by Crippen LogP contribution is -2.46. The summed E-state index contributed by atoms with van der Waals surface area (Å²) in [7, 11) is 0. The number of nitrogens with zero attached hydrogens (tertiary/aromatic N) is 1. The van der Waals surface area contributed by atoms with Crippen LogP contribution in [0, 0.1) is 0 Å². The van der Waals surface area contributed by atoms with Crippen LogP contribution in [0.3, 0.4) is 0 Å². The summed E-state index contributed by atoms with van der Waals surface area (Å²) >= 11 is 0. The maximum Gasteiger partial charge on any atom is 0.323 e. The average Bonchev–Trinajstić information content (AvgIpc) is 2.21. The van der Waals surface area contributed by atoms with E-state index in [0.717, 1.165) is 0 Å². The highest BCUT2D eigenvalue weighted by atomic mass is 16.5. The first-order chi connectivity index (χ1) is 8.32. The van der Waals surface area contributed by atoms with Crippen molar-refractivity contribution >= 4 is 18.0 Å². The summed E-state index contributed by atoms with van der Waals surface area (Å²) in [5, 5.41) is 19.5. The van der Waals surface area contributed by atoms with Crippen molar-refractivity contribution < 1.29 is 29.3 Å². The quantitative estimate of drug-likeness (QED) is 0.512. The fraction of sp³-hybridized carbons (Fsp3) is 0.700. The molecule has 0 bridgehead atoms. The summed E-state index contributed by atoms with van der Waals surface area (Å²) in [6, 6.07) is -0.743. The van der Waals surface area contributed by atoms with Gasteiger partial charge in [0.05, 0.1) is 12.7 Å². The van der Waals surface area contributed by atoms with E-state index >= 15 is 0 Å². The van der Waals surface area contributed by atoms with E-state index in [1.165, 1.54) is 0 Å². The van der Waals surface area contributed by atoms with Crippen LogP contribution in [0.4, 0.5) is 4.79 Å². The number of rotatable bonds is 8. The van der Waals surface area contributed by atoms with Crippen LogP contribution in [-0.2, 0) is 14.3 Å². The van der Waals surface area contributed by atoms with Gasteiger partial charge < -0.3 is 25.2 Å². The van der Waals surface area contributed by atoms with E-state index in [2.05, 4.69) is 5.32 Å². The highest BCUT2D eigenvalue weighted by molar-refractivity contribution is 5.84. The molecular formula is C10H18N2O6. The van der Waals surface area contributed by atoms with Crippen molar-refractivity contribution in [1.82, 2.24) is 10.2 Å². The average molecular weight is 262 g/mol. The number of hydrogen-bond donors (Lipinski definition) is 3. The van der Waals surface area contributed by atoms with E-state index < -0.39 is 31.1 Å². The van der Waals surface area contributed by atoms with Crippen molar-refractivity contribution in [1.29, 1.82) is 0 Å². The molecule has 0 fully saturated rings. The first kappa shape index (κ1) is 16.2. The van der Waals surface area contributed by atoms with Gasteiger partial charge in [-0.3, -0.25) is 9.59 Å². The van der Waals surface area contributed by atoms with E-state index in [4.69, 9.17) is 14.9 Å². The first-order valence-corrected chi connectivity index (χ1v) is 5.41. The van der Waals surface area contributed by atoms with Crippen LogP contribution in [0.1, 0.15) is 13.8 Å². The standard InChI is InChI=1S/C10H18N2O6/c1-7(2)18-4-3-11-10(17)12(5-8(13)14)6-9(15)16/h7H,3-6H2,1-2H3,(H,11,17)(H,13,14)(H,15,16). The Bertz CT molecular complexity index is 289. The monoisotopic (exact) mass is 262 g/mol. The third-order valence-electron chi connectivity index (χ3n) is 1.77. The molecule has 0 radical (unpaired) electrons. The van der Waals surface area contributed by atoms with Gasteiger partial charge in [0.15, 0.2) is 0 Å². The molecule has 0 heterocycles. The van der Waals surface area contributed by atoms with Gasteiger partial charge in [-0.15, -0.1) is 0 Å². The van der Waals surface area contributed by atoms with Gasteiger partial charge in [0.1, 0.15) is 13.1 Å². The lowest BCUT2D eigenvalue weighted by molar-refractivity contribution is -0.140. The maximum absolute atomic E-state index is 11.5. The zero-order valence-corrected chi connectivity index (χ0v) is 10.4. The molecule has 0 rings (SSSR count). The summed E-state index contributed by atoms with van der Waals surface area (Å²) in [6.45, 7) is 2.81. The Morgan fingerprint density at radius 1 is 1.17 bits per heavy atom. The van der Waals surface area contributed by atoms with E-state index in [9.17, 15) is 14.4 Å². The van der Waals surface area contributed by atoms with Crippen LogP contribution in [0.5, 0.6) is 0 Å². The van der Waals surface area contributed by atoms with E-state index in [0.29, 0.717) is 4.90 Å². The van der Waals surface area contributed by atoms with Crippen molar-refractivity contribution in [2.45, 2.75) is 20.0 Å². The molecule has 104 valence electrons. The number of carbonyl (C=O) groups excluding carboxylic acids is 1. The summed E-state index contributed by atoms with van der Waals surface area (Å²) in [6.07, 6.45) is 0.0241. The van der Waals surface area contributed by atoms with E-state index in [1.54, 1.807) is 0 Å². The lowest BCUT2D eigenvalue weighted by atomic mass is 10.4. The number of nitrogens with one attached hydrogen (secondary N) is 1. The van der Waals surface area contributed by atoms with Crippen LogP contribution in [0.15, 0.2) is 0 Å². The molecule has 0 aromatic carbocycles. The Hall–Kier alpha value is -1.83. The van der Waals surface area contributed by atoms with Crippen molar-refractivity contribution in [3.8, 4) is 0 Å². The van der Waals surface area contributed by atoms with Gasteiger partial charge in [-0.2, -0.15) is 0 Å². The molecule has 0 saturated carbocycles. The first-order valence-electron chi connectivity index (χ1n) is 5.41. The van der Waals surface area contributed by atoms with Crippen LogP contribution in [0.2, 0.25) is 0 Å². The Balaban J connectivity index is 4.12. The number of amides is 2. The molecule has 0 unspecified atom stereocenters. The molecular weight excluding hydrogens is 244 g/mol. The number of urea groups is 1. The van der Waals surface area contributed by atoms with Gasteiger partial charge in [-0.25, -0.2) is 4.79 Å². The predicted molar refractivity (Wildman–Crippen MR) is 61.3 cm³/mol. The number of hydrogen-bond acceptors (Lipinski definition) is 4. The summed E-state index contributed by atoms with van der Waals surface area (Å²) in [4.78, 5) is 33.1. The third-order valence-corrected chi connectivity index (χ3v) is 1.77. The number of carboxylic acid groups (broad SMARTS) is 2. The Morgan fingerprint density at radius 2 is 1.67 bits per heavy atom. The molecule has 8 nitrogen and oxygen atoms in total. The molecule has 0 aliphatic heterocycles. The topological polar surface area (TPSA) is 116 Å². The molecule has 0 saturated heterocycles. The zero-order chi connectivity index (χ0) is 14.1. The van der Waals surface area contributed by atoms with Gasteiger partial charge >= 0.3 is 18.0 Å². The van der Waals surface area contributed by atoms with Gasteiger partial charge in [0.2, 0.25) is 0 Å². The summed E-state index contributed by atoms with van der Waals surface area (Å²) < 4.78 is 5.17. The molecule has 0 spiro atoms. The molecule has 3 N–H and O–H groups in total. The van der Waals surface area contributed by atoms with E-state index in [-0.39, 0.29) is 19.3 Å².